The SMILES string of the molecule is O=C1NC(=O)C(/N=N/c2ccc(N(Cc3ccccn3)Cc3ccccn3)cc2)C(=O)N1. The number of carbonyl (C=O) groups excluding carboxylic acids is 3. The van der Waals surface area contributed by atoms with E-state index in [1.807, 2.05) is 59.2 Å². The van der Waals surface area contributed by atoms with Gasteiger partial charge in [0.2, 0.25) is 6.04 Å². The smallest absolute Gasteiger partial charge is 0.328 e. The molecule has 1 aliphatic rings. The van der Waals surface area contributed by atoms with Gasteiger partial charge in [0.15, 0.2) is 0 Å². The molecule has 10 nitrogen and oxygen atoms in total. The van der Waals surface area contributed by atoms with Crippen LogP contribution in [0.25, 0.3) is 0 Å². The lowest BCUT2D eigenvalue weighted by Crippen LogP contribution is -2.57. The number of rotatable bonds is 7. The van der Waals surface area contributed by atoms with Gasteiger partial charge in [-0.15, -0.1) is 0 Å². The Morgan fingerprint density at radius 3 is 1.84 bits per heavy atom. The van der Waals surface area contributed by atoms with Gasteiger partial charge in [-0.05, 0) is 48.5 Å². The molecule has 0 bridgehead atoms. The predicted octanol–water partition coefficient (Wildman–Crippen LogP) is 2.50. The number of imide groups is 2. The molecule has 0 spiro atoms. The quantitative estimate of drug-likeness (QED) is 0.439. The zero-order valence-corrected chi connectivity index (χ0v) is 16.9. The minimum absolute atomic E-state index is 0.460. The molecular formula is C22H19N7O3. The molecule has 0 aliphatic carbocycles. The molecule has 0 saturated carbocycles. The summed E-state index contributed by atoms with van der Waals surface area (Å²) in [4.78, 5) is 45.6. The number of anilines is 1. The monoisotopic (exact) mass is 429 g/mol. The van der Waals surface area contributed by atoms with Crippen molar-refractivity contribution in [2.45, 2.75) is 19.1 Å². The van der Waals surface area contributed by atoms with Crippen LogP contribution in [0.3, 0.4) is 0 Å². The van der Waals surface area contributed by atoms with Crippen LogP contribution in [0.1, 0.15) is 11.4 Å². The number of hydrogen-bond donors (Lipinski definition) is 2. The average molecular weight is 429 g/mol. The molecule has 1 aromatic carbocycles. The Balaban J connectivity index is 1.51. The molecule has 3 aromatic rings. The lowest BCUT2D eigenvalue weighted by Gasteiger charge is -2.24. The number of nitrogens with zero attached hydrogens (tertiary/aromatic N) is 5. The van der Waals surface area contributed by atoms with Gasteiger partial charge in [0.05, 0.1) is 30.2 Å². The summed E-state index contributed by atoms with van der Waals surface area (Å²) in [5.74, 6) is -1.62. The maximum Gasteiger partial charge on any atom is 0.328 e. The second-order valence-corrected chi connectivity index (χ2v) is 6.94. The molecule has 0 atom stereocenters. The second-order valence-electron chi connectivity index (χ2n) is 6.94. The van der Waals surface area contributed by atoms with E-state index in [0.717, 1.165) is 17.1 Å². The van der Waals surface area contributed by atoms with Crippen molar-refractivity contribution < 1.29 is 14.4 Å². The summed E-state index contributed by atoms with van der Waals surface area (Å²) in [5, 5.41) is 11.7. The van der Waals surface area contributed by atoms with Crippen LogP contribution in [0.4, 0.5) is 16.2 Å². The highest BCUT2D eigenvalue weighted by Gasteiger charge is 2.34. The molecule has 2 N–H and O–H groups in total. The first kappa shape index (κ1) is 20.8. The van der Waals surface area contributed by atoms with E-state index in [4.69, 9.17) is 0 Å². The first-order valence-electron chi connectivity index (χ1n) is 9.80. The van der Waals surface area contributed by atoms with Crippen molar-refractivity contribution in [3.8, 4) is 0 Å². The topological polar surface area (TPSA) is 129 Å². The predicted molar refractivity (Wildman–Crippen MR) is 115 cm³/mol. The molecule has 4 rings (SSSR count). The fourth-order valence-corrected chi connectivity index (χ4v) is 3.08. The number of urea groups is 1. The Morgan fingerprint density at radius 2 is 1.34 bits per heavy atom. The maximum atomic E-state index is 11.8. The summed E-state index contributed by atoms with van der Waals surface area (Å²) in [6.45, 7) is 1.16. The number of benzene rings is 1. The highest BCUT2D eigenvalue weighted by Crippen LogP contribution is 2.23. The number of aromatic nitrogens is 2. The number of hydrogen-bond acceptors (Lipinski definition) is 8. The third-order valence-electron chi connectivity index (χ3n) is 4.63. The number of carbonyl (C=O) groups is 3. The van der Waals surface area contributed by atoms with Crippen LogP contribution in [0, 0.1) is 0 Å². The van der Waals surface area contributed by atoms with Gasteiger partial charge in [-0.25, -0.2) is 4.79 Å². The minimum Gasteiger partial charge on any atom is -0.360 e. The maximum absolute atomic E-state index is 11.8. The van der Waals surface area contributed by atoms with E-state index >= 15 is 0 Å². The largest absolute Gasteiger partial charge is 0.360 e. The van der Waals surface area contributed by atoms with Gasteiger partial charge in [-0.1, -0.05) is 12.1 Å². The van der Waals surface area contributed by atoms with Crippen LogP contribution in [0.5, 0.6) is 0 Å². The number of barbiturate groups is 1. The summed E-state index contributed by atoms with van der Waals surface area (Å²) in [6, 6.07) is 16.5. The molecule has 2 aromatic heterocycles. The average Bonchev–Trinajstić information content (AvgIpc) is 2.80. The van der Waals surface area contributed by atoms with Crippen molar-refractivity contribution in [1.29, 1.82) is 0 Å². The molecular weight excluding hydrogens is 410 g/mol. The summed E-state index contributed by atoms with van der Waals surface area (Å²) in [5.41, 5.74) is 3.20. The fourth-order valence-electron chi connectivity index (χ4n) is 3.08. The molecule has 0 radical (unpaired) electrons. The van der Waals surface area contributed by atoms with Gasteiger partial charge in [0, 0.05) is 18.1 Å². The molecule has 1 aliphatic heterocycles. The number of amides is 4. The highest BCUT2D eigenvalue weighted by molar-refractivity contribution is 6.18. The Labute approximate surface area is 183 Å². The number of azo groups is 1. The molecule has 1 fully saturated rings. The molecule has 32 heavy (non-hydrogen) atoms. The summed E-state index contributed by atoms with van der Waals surface area (Å²) < 4.78 is 0. The lowest BCUT2D eigenvalue weighted by atomic mass is 10.2. The Bertz CT molecular complexity index is 1070. The molecule has 10 heteroatoms. The normalized spacial score (nSPS) is 14.3. The molecule has 0 unspecified atom stereocenters. The molecule has 1 saturated heterocycles. The van der Waals surface area contributed by atoms with Crippen LogP contribution >= 0.6 is 0 Å². The van der Waals surface area contributed by atoms with Crippen LogP contribution in [0.2, 0.25) is 0 Å². The second kappa shape index (κ2) is 9.56. The zero-order valence-electron chi connectivity index (χ0n) is 16.9. The third-order valence-corrected chi connectivity index (χ3v) is 4.63. The first-order chi connectivity index (χ1) is 15.6. The Hall–Kier alpha value is -4.47. The van der Waals surface area contributed by atoms with Crippen molar-refractivity contribution >= 4 is 29.2 Å². The van der Waals surface area contributed by atoms with Gasteiger partial charge < -0.3 is 4.90 Å². The molecule has 160 valence electrons. The minimum atomic E-state index is -1.41. The first-order valence-corrected chi connectivity index (χ1v) is 9.80. The Morgan fingerprint density at radius 1 is 0.781 bits per heavy atom. The van der Waals surface area contributed by atoms with E-state index in [0.29, 0.717) is 18.8 Å². The summed E-state index contributed by atoms with van der Waals surface area (Å²) in [6.07, 6.45) is 3.51. The van der Waals surface area contributed by atoms with E-state index in [-0.39, 0.29) is 0 Å². The zero-order chi connectivity index (χ0) is 22.3. The van der Waals surface area contributed by atoms with E-state index < -0.39 is 23.9 Å². The lowest BCUT2D eigenvalue weighted by molar-refractivity contribution is -0.131. The number of nitrogens with one attached hydrogen (secondary N) is 2. The standard InChI is InChI=1S/C22H19N7O3/c30-20-19(21(31)26-22(32)25-20)28-27-15-7-9-18(10-8-15)29(13-16-5-1-3-11-23-16)14-17-6-2-4-12-24-17/h1-12,19H,13-14H2,(H2,25,26,30,31,32)/b28-27+. The Kier molecular flexibility index (Phi) is 6.21. The van der Waals surface area contributed by atoms with Gasteiger partial charge in [0.25, 0.3) is 11.8 Å². The van der Waals surface area contributed by atoms with E-state index in [9.17, 15) is 14.4 Å². The summed E-state index contributed by atoms with van der Waals surface area (Å²) in [7, 11) is 0. The van der Waals surface area contributed by atoms with Crippen molar-refractivity contribution in [2.24, 2.45) is 10.2 Å². The van der Waals surface area contributed by atoms with Gasteiger partial charge >= 0.3 is 6.03 Å². The van der Waals surface area contributed by atoms with Crippen LogP contribution in [-0.4, -0.2) is 33.9 Å². The molecule has 4 amide bonds. The highest BCUT2D eigenvalue weighted by atomic mass is 16.2. The van der Waals surface area contributed by atoms with Crippen LogP contribution < -0.4 is 15.5 Å². The fraction of sp³-hybridized carbons (Fsp3) is 0.136. The van der Waals surface area contributed by atoms with Crippen molar-refractivity contribution in [2.75, 3.05) is 4.90 Å². The number of pyridine rings is 2. The third kappa shape index (κ3) is 5.17. The van der Waals surface area contributed by atoms with E-state index in [1.54, 1.807) is 24.5 Å². The van der Waals surface area contributed by atoms with E-state index in [1.165, 1.54) is 0 Å². The molecule has 3 heterocycles. The van der Waals surface area contributed by atoms with E-state index in [2.05, 4.69) is 25.1 Å². The van der Waals surface area contributed by atoms with Crippen molar-refractivity contribution in [1.82, 2.24) is 20.6 Å². The van der Waals surface area contributed by atoms with Gasteiger partial charge in [0.1, 0.15) is 0 Å². The van der Waals surface area contributed by atoms with Crippen LogP contribution in [0.15, 0.2) is 83.3 Å². The van der Waals surface area contributed by atoms with Crippen LogP contribution in [-0.2, 0) is 22.7 Å². The van der Waals surface area contributed by atoms with Crippen molar-refractivity contribution in [3.05, 3.63) is 84.4 Å². The van der Waals surface area contributed by atoms with Crippen molar-refractivity contribution in [3.63, 3.8) is 0 Å². The summed E-state index contributed by atoms with van der Waals surface area (Å²) >= 11 is 0. The van der Waals surface area contributed by atoms with Gasteiger partial charge in [-0.3, -0.25) is 30.2 Å². The van der Waals surface area contributed by atoms with Gasteiger partial charge in [-0.2, -0.15) is 10.2 Å².